The molecule has 1 aromatic carbocycles. The van der Waals surface area contributed by atoms with Crippen LogP contribution in [0.3, 0.4) is 0 Å². The van der Waals surface area contributed by atoms with Crippen LogP contribution in [0.25, 0.3) is 0 Å². The van der Waals surface area contributed by atoms with Crippen molar-refractivity contribution in [1.29, 1.82) is 0 Å². The van der Waals surface area contributed by atoms with Gasteiger partial charge in [-0.05, 0) is 43.4 Å². The second-order valence-corrected chi connectivity index (χ2v) is 8.01. The number of rotatable bonds is 6. The normalized spacial score (nSPS) is 16.1. The Bertz CT molecular complexity index is 583. The standard InChI is InChI=1S/C14H21ClN2O2S/c1-10(2)7-8-17(12-4-5-12)20(18,19)14-9-11(15)3-6-13(14)16/h3,6,9-10,12H,4-5,7-8,16H2,1-2H3. The van der Waals surface area contributed by atoms with E-state index in [0.29, 0.717) is 17.5 Å². The smallest absolute Gasteiger partial charge is 0.245 e. The van der Waals surface area contributed by atoms with Gasteiger partial charge < -0.3 is 5.73 Å². The van der Waals surface area contributed by atoms with E-state index >= 15 is 0 Å². The highest BCUT2D eigenvalue weighted by atomic mass is 35.5. The Labute approximate surface area is 126 Å². The lowest BCUT2D eigenvalue weighted by atomic mass is 10.1. The predicted octanol–water partition coefficient (Wildman–Crippen LogP) is 3.12. The van der Waals surface area contributed by atoms with Crippen molar-refractivity contribution in [3.8, 4) is 0 Å². The van der Waals surface area contributed by atoms with Crippen LogP contribution >= 0.6 is 11.6 Å². The lowest BCUT2D eigenvalue weighted by Gasteiger charge is -2.23. The highest BCUT2D eigenvalue weighted by molar-refractivity contribution is 7.89. The van der Waals surface area contributed by atoms with Crippen LogP contribution in [-0.2, 0) is 10.0 Å². The Morgan fingerprint density at radius 2 is 2.05 bits per heavy atom. The van der Waals surface area contributed by atoms with Gasteiger partial charge >= 0.3 is 0 Å². The first kappa shape index (κ1) is 15.6. The summed E-state index contributed by atoms with van der Waals surface area (Å²) in [7, 11) is -3.56. The molecule has 6 heteroatoms. The van der Waals surface area contributed by atoms with E-state index in [4.69, 9.17) is 17.3 Å². The van der Waals surface area contributed by atoms with Crippen molar-refractivity contribution >= 4 is 27.3 Å². The molecule has 112 valence electrons. The maximum Gasteiger partial charge on any atom is 0.245 e. The largest absolute Gasteiger partial charge is 0.398 e. The molecule has 0 saturated heterocycles. The maximum atomic E-state index is 12.8. The summed E-state index contributed by atoms with van der Waals surface area (Å²) in [6.07, 6.45) is 2.70. The van der Waals surface area contributed by atoms with Gasteiger partial charge in [0.05, 0.1) is 5.69 Å². The number of halogens is 1. The van der Waals surface area contributed by atoms with Crippen LogP contribution in [0.4, 0.5) is 5.69 Å². The zero-order valence-electron chi connectivity index (χ0n) is 11.8. The number of nitrogens with two attached hydrogens (primary N) is 1. The van der Waals surface area contributed by atoms with Crippen molar-refractivity contribution in [1.82, 2.24) is 4.31 Å². The number of benzene rings is 1. The van der Waals surface area contributed by atoms with Gasteiger partial charge in [-0.25, -0.2) is 8.42 Å². The highest BCUT2D eigenvalue weighted by Crippen LogP contribution is 2.35. The number of sulfonamides is 1. The van der Waals surface area contributed by atoms with Crippen molar-refractivity contribution in [3.63, 3.8) is 0 Å². The summed E-state index contributed by atoms with van der Waals surface area (Å²) < 4.78 is 27.2. The Hall–Kier alpha value is -0.780. The number of nitrogen functional groups attached to an aromatic ring is 1. The molecule has 0 heterocycles. The van der Waals surface area contributed by atoms with E-state index in [9.17, 15) is 8.42 Å². The Morgan fingerprint density at radius 1 is 1.40 bits per heavy atom. The second-order valence-electron chi connectivity index (χ2n) is 5.71. The lowest BCUT2D eigenvalue weighted by Crippen LogP contribution is -2.35. The van der Waals surface area contributed by atoms with E-state index in [0.717, 1.165) is 19.3 Å². The van der Waals surface area contributed by atoms with Gasteiger partial charge in [-0.1, -0.05) is 25.4 Å². The number of hydrogen-bond acceptors (Lipinski definition) is 3. The fourth-order valence-electron chi connectivity index (χ4n) is 2.10. The molecular weight excluding hydrogens is 296 g/mol. The molecular formula is C14H21ClN2O2S. The molecule has 0 aromatic heterocycles. The SMILES string of the molecule is CC(C)CCN(C1CC1)S(=O)(=O)c1cc(Cl)ccc1N. The van der Waals surface area contributed by atoms with Crippen LogP contribution in [-0.4, -0.2) is 25.3 Å². The minimum Gasteiger partial charge on any atom is -0.398 e. The van der Waals surface area contributed by atoms with E-state index in [1.165, 1.54) is 6.07 Å². The average Bonchev–Trinajstić information content (AvgIpc) is 3.16. The molecule has 0 bridgehead atoms. The monoisotopic (exact) mass is 316 g/mol. The Balaban J connectivity index is 2.32. The number of nitrogens with zero attached hydrogens (tertiary/aromatic N) is 1. The fraction of sp³-hybridized carbons (Fsp3) is 0.571. The molecule has 0 aliphatic heterocycles. The molecule has 1 aromatic rings. The van der Waals surface area contributed by atoms with Crippen molar-refractivity contribution in [2.75, 3.05) is 12.3 Å². The van der Waals surface area contributed by atoms with Gasteiger partial charge in [0.1, 0.15) is 4.90 Å². The quantitative estimate of drug-likeness (QED) is 0.820. The van der Waals surface area contributed by atoms with Gasteiger partial charge in [0.2, 0.25) is 10.0 Å². The van der Waals surface area contributed by atoms with E-state index in [1.54, 1.807) is 16.4 Å². The van der Waals surface area contributed by atoms with Gasteiger partial charge in [-0.2, -0.15) is 4.31 Å². The van der Waals surface area contributed by atoms with Gasteiger partial charge in [-0.3, -0.25) is 0 Å². The molecule has 0 amide bonds. The average molecular weight is 317 g/mol. The van der Waals surface area contributed by atoms with Crippen LogP contribution < -0.4 is 5.73 Å². The third-order valence-electron chi connectivity index (χ3n) is 3.44. The number of anilines is 1. The molecule has 1 saturated carbocycles. The van der Waals surface area contributed by atoms with Crippen molar-refractivity contribution in [3.05, 3.63) is 23.2 Å². The van der Waals surface area contributed by atoms with E-state index in [1.807, 2.05) is 0 Å². The molecule has 2 rings (SSSR count). The summed E-state index contributed by atoms with van der Waals surface area (Å²) in [5.41, 5.74) is 6.08. The topological polar surface area (TPSA) is 63.4 Å². The predicted molar refractivity (Wildman–Crippen MR) is 82.2 cm³/mol. The first-order chi connectivity index (χ1) is 9.32. The number of hydrogen-bond donors (Lipinski definition) is 1. The summed E-state index contributed by atoms with van der Waals surface area (Å²) in [5.74, 6) is 0.461. The van der Waals surface area contributed by atoms with Crippen molar-refractivity contribution in [2.45, 2.75) is 44.0 Å². The van der Waals surface area contributed by atoms with Crippen LogP contribution in [0.2, 0.25) is 5.02 Å². The third-order valence-corrected chi connectivity index (χ3v) is 5.69. The van der Waals surface area contributed by atoms with Gasteiger partial charge in [-0.15, -0.1) is 0 Å². The molecule has 0 radical (unpaired) electrons. The Kier molecular flexibility index (Phi) is 4.62. The van der Waals surface area contributed by atoms with Gasteiger partial charge in [0.15, 0.2) is 0 Å². The Morgan fingerprint density at radius 3 is 2.60 bits per heavy atom. The van der Waals surface area contributed by atoms with Crippen LogP contribution in [0.5, 0.6) is 0 Å². The van der Waals surface area contributed by atoms with Crippen molar-refractivity contribution < 1.29 is 8.42 Å². The molecule has 1 fully saturated rings. The zero-order chi connectivity index (χ0) is 14.9. The highest BCUT2D eigenvalue weighted by Gasteiger charge is 2.38. The summed E-state index contributed by atoms with van der Waals surface area (Å²) >= 11 is 5.91. The minimum atomic E-state index is -3.56. The van der Waals surface area contributed by atoms with Gasteiger partial charge in [0, 0.05) is 17.6 Å². The lowest BCUT2D eigenvalue weighted by molar-refractivity contribution is 0.373. The second kappa shape index (κ2) is 5.92. The summed E-state index contributed by atoms with van der Waals surface area (Å²) in [6, 6.07) is 4.71. The first-order valence-corrected chi connectivity index (χ1v) is 8.71. The molecule has 2 N–H and O–H groups in total. The maximum absolute atomic E-state index is 12.8. The summed E-state index contributed by atoms with van der Waals surface area (Å²) in [4.78, 5) is 0.126. The third kappa shape index (κ3) is 3.45. The summed E-state index contributed by atoms with van der Waals surface area (Å²) in [6.45, 7) is 4.72. The summed E-state index contributed by atoms with van der Waals surface area (Å²) in [5, 5.41) is 0.386. The van der Waals surface area contributed by atoms with Crippen LogP contribution in [0, 0.1) is 5.92 Å². The molecule has 0 atom stereocenters. The zero-order valence-corrected chi connectivity index (χ0v) is 13.4. The van der Waals surface area contributed by atoms with Crippen molar-refractivity contribution in [2.24, 2.45) is 5.92 Å². The molecule has 1 aliphatic rings. The first-order valence-electron chi connectivity index (χ1n) is 6.89. The minimum absolute atomic E-state index is 0.122. The molecule has 20 heavy (non-hydrogen) atoms. The molecule has 0 unspecified atom stereocenters. The van der Waals surface area contributed by atoms with Crippen LogP contribution in [0.15, 0.2) is 23.1 Å². The van der Waals surface area contributed by atoms with Crippen LogP contribution in [0.1, 0.15) is 33.1 Å². The van der Waals surface area contributed by atoms with Gasteiger partial charge in [0.25, 0.3) is 0 Å². The van der Waals surface area contributed by atoms with E-state index in [-0.39, 0.29) is 16.6 Å². The van der Waals surface area contributed by atoms with E-state index in [2.05, 4.69) is 13.8 Å². The molecule has 0 spiro atoms. The fourth-order valence-corrected chi connectivity index (χ4v) is 4.19. The van der Waals surface area contributed by atoms with E-state index < -0.39 is 10.0 Å². The molecule has 1 aliphatic carbocycles. The molecule has 4 nitrogen and oxygen atoms in total.